The molecule has 0 atom stereocenters. The third-order valence-electron chi connectivity index (χ3n) is 2.80. The van der Waals surface area contributed by atoms with E-state index in [2.05, 4.69) is 10.3 Å². The fourth-order valence-electron chi connectivity index (χ4n) is 1.70. The van der Waals surface area contributed by atoms with E-state index in [1.165, 1.54) is 31.5 Å². The molecule has 2 aromatic rings. The molecule has 0 radical (unpaired) electrons. The molecular weight excluding hydrogens is 339 g/mol. The number of carbonyl (C=O) groups is 3. The number of ketones is 1. The van der Waals surface area contributed by atoms with Crippen LogP contribution in [0.15, 0.2) is 23.6 Å². The number of halogens is 1. The van der Waals surface area contributed by atoms with E-state index in [0.717, 1.165) is 17.4 Å². The first-order chi connectivity index (χ1) is 11.4. The molecule has 9 heteroatoms. The Balaban J connectivity index is 1.95. The van der Waals surface area contributed by atoms with Crippen LogP contribution in [0.1, 0.15) is 27.8 Å². The van der Waals surface area contributed by atoms with E-state index < -0.39 is 24.2 Å². The Labute approximate surface area is 140 Å². The van der Waals surface area contributed by atoms with Crippen LogP contribution in [-0.2, 0) is 9.53 Å². The second-order valence-electron chi connectivity index (χ2n) is 4.57. The fraction of sp³-hybridized carbons (Fsp3) is 0.200. The molecule has 0 saturated heterocycles. The van der Waals surface area contributed by atoms with Crippen molar-refractivity contribution >= 4 is 34.1 Å². The lowest BCUT2D eigenvalue weighted by atomic mass is 10.1. The highest BCUT2D eigenvalue weighted by Gasteiger charge is 2.16. The number of rotatable bonds is 6. The summed E-state index contributed by atoms with van der Waals surface area (Å²) in [4.78, 5) is 38.5. The molecule has 7 nitrogen and oxygen atoms in total. The van der Waals surface area contributed by atoms with Crippen molar-refractivity contribution in [3.05, 3.63) is 40.7 Å². The van der Waals surface area contributed by atoms with Crippen molar-refractivity contribution in [2.45, 2.75) is 6.92 Å². The Morgan fingerprint density at radius 3 is 2.71 bits per heavy atom. The molecular formula is C15H13FN2O5S. The Morgan fingerprint density at radius 1 is 1.33 bits per heavy atom. The summed E-state index contributed by atoms with van der Waals surface area (Å²) in [5, 5.41) is 4.07. The van der Waals surface area contributed by atoms with Gasteiger partial charge in [0.05, 0.1) is 7.11 Å². The van der Waals surface area contributed by atoms with Gasteiger partial charge in [0.15, 0.2) is 34.8 Å². The van der Waals surface area contributed by atoms with Gasteiger partial charge in [0.1, 0.15) is 0 Å². The van der Waals surface area contributed by atoms with Gasteiger partial charge in [-0.05, 0) is 18.2 Å². The van der Waals surface area contributed by atoms with E-state index in [-0.39, 0.29) is 28.0 Å². The molecule has 126 valence electrons. The molecule has 0 aliphatic rings. The number of ether oxygens (including phenoxy) is 2. The van der Waals surface area contributed by atoms with E-state index in [1.807, 2.05) is 0 Å². The Morgan fingerprint density at radius 2 is 2.08 bits per heavy atom. The number of nitrogens with zero attached hydrogens (tertiary/aromatic N) is 1. The van der Waals surface area contributed by atoms with Crippen LogP contribution in [-0.4, -0.2) is 36.4 Å². The van der Waals surface area contributed by atoms with Crippen molar-refractivity contribution in [1.29, 1.82) is 0 Å². The average molecular weight is 352 g/mol. The number of carbonyl (C=O) groups excluding carboxylic acids is 3. The number of nitrogens with one attached hydrogen (secondary N) is 1. The average Bonchev–Trinajstić information content (AvgIpc) is 2.99. The minimum atomic E-state index is -0.815. The predicted molar refractivity (Wildman–Crippen MR) is 84.0 cm³/mol. The molecule has 0 unspecified atom stereocenters. The number of anilines is 1. The van der Waals surface area contributed by atoms with Crippen molar-refractivity contribution in [1.82, 2.24) is 4.98 Å². The number of benzene rings is 1. The molecule has 1 aromatic carbocycles. The van der Waals surface area contributed by atoms with Crippen LogP contribution >= 0.6 is 11.3 Å². The monoisotopic (exact) mass is 352 g/mol. The lowest BCUT2D eigenvalue weighted by Gasteiger charge is -2.05. The molecule has 1 amide bonds. The number of hydrogen-bond donors (Lipinski definition) is 1. The molecule has 1 aromatic heterocycles. The van der Waals surface area contributed by atoms with Gasteiger partial charge >= 0.3 is 5.97 Å². The van der Waals surface area contributed by atoms with Crippen LogP contribution in [0.5, 0.6) is 5.75 Å². The summed E-state index contributed by atoms with van der Waals surface area (Å²) in [5.74, 6) is -2.38. The van der Waals surface area contributed by atoms with Crippen molar-refractivity contribution < 1.29 is 28.2 Å². The highest BCUT2D eigenvalue weighted by molar-refractivity contribution is 7.14. The molecule has 0 saturated carbocycles. The molecule has 0 aliphatic heterocycles. The van der Waals surface area contributed by atoms with E-state index >= 15 is 0 Å². The summed E-state index contributed by atoms with van der Waals surface area (Å²) in [6, 6.07) is 3.69. The van der Waals surface area contributed by atoms with Gasteiger partial charge in [-0.25, -0.2) is 14.2 Å². The predicted octanol–water partition coefficient (Wildman–Crippen LogP) is 2.29. The van der Waals surface area contributed by atoms with Gasteiger partial charge in [0.25, 0.3) is 0 Å². The highest BCUT2D eigenvalue weighted by atomic mass is 32.1. The second kappa shape index (κ2) is 7.64. The normalized spacial score (nSPS) is 10.1. The van der Waals surface area contributed by atoms with Crippen LogP contribution in [0.2, 0.25) is 0 Å². The van der Waals surface area contributed by atoms with Gasteiger partial charge < -0.3 is 14.8 Å². The SMILES string of the molecule is COc1ccc(C(=O)COC(=O)c2csc(NC(C)=O)n2)cc1F. The summed E-state index contributed by atoms with van der Waals surface area (Å²) in [7, 11) is 1.31. The first-order valence-corrected chi connectivity index (χ1v) is 7.55. The minimum Gasteiger partial charge on any atom is -0.494 e. The van der Waals surface area contributed by atoms with Crippen LogP contribution in [0.25, 0.3) is 0 Å². The quantitative estimate of drug-likeness (QED) is 0.633. The summed E-state index contributed by atoms with van der Waals surface area (Å²) >= 11 is 1.05. The molecule has 0 bridgehead atoms. The minimum absolute atomic E-state index is 0.0107. The second-order valence-corrected chi connectivity index (χ2v) is 5.43. The summed E-state index contributed by atoms with van der Waals surface area (Å²) in [6.45, 7) is 0.754. The number of aromatic nitrogens is 1. The van der Waals surface area contributed by atoms with Gasteiger partial charge in [-0.2, -0.15) is 0 Å². The van der Waals surface area contributed by atoms with Crippen LogP contribution in [0.4, 0.5) is 9.52 Å². The lowest BCUT2D eigenvalue weighted by molar-refractivity contribution is -0.114. The maximum absolute atomic E-state index is 13.6. The van der Waals surface area contributed by atoms with E-state index in [0.29, 0.717) is 0 Å². The summed E-state index contributed by atoms with van der Waals surface area (Å²) < 4.78 is 23.2. The number of thiazole rings is 1. The van der Waals surface area contributed by atoms with Crippen LogP contribution in [0, 0.1) is 5.82 Å². The maximum Gasteiger partial charge on any atom is 0.358 e. The van der Waals surface area contributed by atoms with Crippen molar-refractivity contribution in [3.63, 3.8) is 0 Å². The largest absolute Gasteiger partial charge is 0.494 e. The molecule has 1 N–H and O–H groups in total. The number of amides is 1. The Kier molecular flexibility index (Phi) is 5.59. The zero-order valence-corrected chi connectivity index (χ0v) is 13.6. The van der Waals surface area contributed by atoms with Gasteiger partial charge in [-0.15, -0.1) is 11.3 Å². The zero-order valence-electron chi connectivity index (χ0n) is 12.8. The first kappa shape index (κ1) is 17.5. The highest BCUT2D eigenvalue weighted by Crippen LogP contribution is 2.19. The zero-order chi connectivity index (χ0) is 17.7. The molecule has 0 fully saturated rings. The van der Waals surface area contributed by atoms with Crippen molar-refractivity contribution in [2.75, 3.05) is 19.0 Å². The Hall–Kier alpha value is -2.81. The fourth-order valence-corrected chi connectivity index (χ4v) is 2.43. The van der Waals surface area contributed by atoms with Crippen molar-refractivity contribution in [2.24, 2.45) is 0 Å². The van der Waals surface area contributed by atoms with Crippen molar-refractivity contribution in [3.8, 4) is 5.75 Å². The number of Topliss-reactive ketones (excluding diaryl/α,β-unsaturated/α-hetero) is 1. The molecule has 24 heavy (non-hydrogen) atoms. The number of esters is 1. The van der Waals surface area contributed by atoms with E-state index in [4.69, 9.17) is 9.47 Å². The molecule has 0 spiro atoms. The third kappa shape index (κ3) is 4.35. The molecule has 1 heterocycles. The number of methoxy groups -OCH3 is 1. The molecule has 2 rings (SSSR count). The van der Waals surface area contributed by atoms with E-state index in [9.17, 15) is 18.8 Å². The van der Waals surface area contributed by atoms with Gasteiger partial charge in [0.2, 0.25) is 5.91 Å². The van der Waals surface area contributed by atoms with Gasteiger partial charge in [0, 0.05) is 17.9 Å². The lowest BCUT2D eigenvalue weighted by Crippen LogP contribution is -2.15. The third-order valence-corrected chi connectivity index (χ3v) is 3.56. The van der Waals surface area contributed by atoms with Crippen LogP contribution < -0.4 is 10.1 Å². The summed E-state index contributed by atoms with van der Waals surface area (Å²) in [5.41, 5.74) is 0.0239. The standard InChI is InChI=1S/C15H13FN2O5S/c1-8(19)17-15-18-11(7-24-15)14(21)23-6-12(20)9-3-4-13(22-2)10(16)5-9/h3-5,7H,6H2,1-2H3,(H,17,18,19). The van der Waals surface area contributed by atoms with Crippen LogP contribution in [0.3, 0.4) is 0 Å². The Bertz CT molecular complexity index is 790. The number of hydrogen-bond acceptors (Lipinski definition) is 7. The first-order valence-electron chi connectivity index (χ1n) is 6.67. The summed E-state index contributed by atoms with van der Waals surface area (Å²) in [6.07, 6.45) is 0. The van der Waals surface area contributed by atoms with Gasteiger partial charge in [-0.1, -0.05) is 0 Å². The molecule has 0 aliphatic carbocycles. The smallest absolute Gasteiger partial charge is 0.358 e. The topological polar surface area (TPSA) is 94.6 Å². The maximum atomic E-state index is 13.6. The van der Waals surface area contributed by atoms with Gasteiger partial charge in [-0.3, -0.25) is 9.59 Å². The van der Waals surface area contributed by atoms with E-state index in [1.54, 1.807) is 0 Å².